The third-order valence-electron chi connectivity index (χ3n) is 5.69. The maximum Gasteiger partial charge on any atom is 0.257 e. The molecule has 2 fully saturated rings. The number of rotatable bonds is 3. The van der Waals surface area contributed by atoms with Gasteiger partial charge in [-0.05, 0) is 36.2 Å². The smallest absolute Gasteiger partial charge is 0.257 e. The van der Waals surface area contributed by atoms with Crippen molar-refractivity contribution < 1.29 is 13.2 Å². The van der Waals surface area contributed by atoms with Crippen LogP contribution in [0.5, 0.6) is 0 Å². The van der Waals surface area contributed by atoms with Crippen molar-refractivity contribution >= 4 is 5.82 Å². The molecule has 0 aliphatic carbocycles. The fraction of sp³-hybridized carbons (Fsp3) is 0.450. The molecule has 0 unspecified atom stereocenters. The third kappa shape index (κ3) is 3.18. The van der Waals surface area contributed by atoms with E-state index in [0.717, 1.165) is 11.4 Å². The second-order valence-corrected chi connectivity index (χ2v) is 7.43. The molecule has 2 aliphatic rings. The van der Waals surface area contributed by atoms with Gasteiger partial charge in [0, 0.05) is 45.3 Å². The van der Waals surface area contributed by atoms with Gasteiger partial charge in [0.2, 0.25) is 0 Å². The molecule has 1 aromatic carbocycles. The standard InChI is InChI=1S/C20H22F3N3/c21-17-6-4-16(5-7-17)13-25-11-9-20(22,23)19(14-25)8-12-26(15-19)18-3-1-2-10-24-18/h1-7,10H,8-9,11-15H2/t19-/m0/s1. The Kier molecular flexibility index (Phi) is 4.39. The van der Waals surface area contributed by atoms with E-state index in [1.807, 2.05) is 23.1 Å². The summed E-state index contributed by atoms with van der Waals surface area (Å²) < 4.78 is 42.9. The Morgan fingerprint density at radius 2 is 1.77 bits per heavy atom. The minimum Gasteiger partial charge on any atom is -0.356 e. The molecule has 4 rings (SSSR count). The van der Waals surface area contributed by atoms with E-state index in [9.17, 15) is 13.2 Å². The lowest BCUT2D eigenvalue weighted by Crippen LogP contribution is -2.56. The second kappa shape index (κ2) is 6.58. The largest absolute Gasteiger partial charge is 0.356 e. The lowest BCUT2D eigenvalue weighted by Gasteiger charge is -2.46. The molecule has 0 radical (unpaired) electrons. The van der Waals surface area contributed by atoms with Crippen LogP contribution >= 0.6 is 0 Å². The summed E-state index contributed by atoms with van der Waals surface area (Å²) in [5.41, 5.74) is -0.102. The molecule has 26 heavy (non-hydrogen) atoms. The van der Waals surface area contributed by atoms with E-state index in [1.165, 1.54) is 12.1 Å². The fourth-order valence-electron chi connectivity index (χ4n) is 4.21. The Bertz CT molecular complexity index is 751. The summed E-state index contributed by atoms with van der Waals surface area (Å²) in [6.07, 6.45) is 2.01. The van der Waals surface area contributed by atoms with E-state index >= 15 is 0 Å². The van der Waals surface area contributed by atoms with Gasteiger partial charge in [0.25, 0.3) is 5.92 Å². The zero-order valence-corrected chi connectivity index (χ0v) is 14.5. The number of hydrogen-bond donors (Lipinski definition) is 0. The maximum atomic E-state index is 14.9. The summed E-state index contributed by atoms with van der Waals surface area (Å²) in [5.74, 6) is -2.21. The highest BCUT2D eigenvalue weighted by atomic mass is 19.3. The van der Waals surface area contributed by atoms with Gasteiger partial charge in [0.15, 0.2) is 0 Å². The molecule has 0 saturated carbocycles. The number of benzene rings is 1. The van der Waals surface area contributed by atoms with Crippen molar-refractivity contribution in [2.75, 3.05) is 31.1 Å². The van der Waals surface area contributed by atoms with Crippen LogP contribution in [-0.2, 0) is 6.54 Å². The van der Waals surface area contributed by atoms with Crippen LogP contribution in [0, 0.1) is 11.2 Å². The summed E-state index contributed by atoms with van der Waals surface area (Å²) in [6, 6.07) is 11.9. The summed E-state index contributed by atoms with van der Waals surface area (Å²) in [5, 5.41) is 0. The van der Waals surface area contributed by atoms with Crippen LogP contribution < -0.4 is 4.90 Å². The minimum absolute atomic E-state index is 0.135. The monoisotopic (exact) mass is 361 g/mol. The highest BCUT2D eigenvalue weighted by molar-refractivity contribution is 5.40. The van der Waals surface area contributed by atoms with Crippen molar-refractivity contribution in [3.63, 3.8) is 0 Å². The zero-order chi connectivity index (χ0) is 18.2. The Balaban J connectivity index is 1.51. The van der Waals surface area contributed by atoms with Crippen LogP contribution in [0.4, 0.5) is 19.0 Å². The molecule has 2 saturated heterocycles. The first-order valence-corrected chi connectivity index (χ1v) is 8.98. The number of likely N-dealkylation sites (tertiary alicyclic amines) is 1. The molecule has 1 atom stereocenters. The first-order chi connectivity index (χ1) is 12.5. The van der Waals surface area contributed by atoms with Gasteiger partial charge >= 0.3 is 0 Å². The van der Waals surface area contributed by atoms with Gasteiger partial charge in [-0.2, -0.15) is 0 Å². The minimum atomic E-state index is -2.68. The molecule has 3 nitrogen and oxygen atoms in total. The summed E-state index contributed by atoms with van der Waals surface area (Å²) >= 11 is 0. The van der Waals surface area contributed by atoms with Gasteiger partial charge in [-0.15, -0.1) is 0 Å². The number of nitrogens with zero attached hydrogens (tertiary/aromatic N) is 3. The number of aromatic nitrogens is 1. The fourth-order valence-corrected chi connectivity index (χ4v) is 4.21. The van der Waals surface area contributed by atoms with Crippen LogP contribution in [-0.4, -0.2) is 42.0 Å². The normalized spacial score (nSPS) is 25.7. The molecular weight excluding hydrogens is 339 g/mol. The number of pyridine rings is 1. The molecule has 1 aromatic heterocycles. The zero-order valence-electron chi connectivity index (χ0n) is 14.5. The summed E-state index contributed by atoms with van der Waals surface area (Å²) in [4.78, 5) is 8.36. The summed E-state index contributed by atoms with van der Waals surface area (Å²) in [7, 11) is 0. The predicted molar refractivity (Wildman–Crippen MR) is 94.7 cm³/mol. The first-order valence-electron chi connectivity index (χ1n) is 8.98. The van der Waals surface area contributed by atoms with Crippen LogP contribution in [0.25, 0.3) is 0 Å². The SMILES string of the molecule is Fc1ccc(CN2CCC(F)(F)[C@@]3(CCN(c4ccccn4)C3)C2)cc1. The summed E-state index contributed by atoms with van der Waals surface area (Å²) in [6.45, 7) is 2.19. The molecule has 2 aromatic rings. The Labute approximate surface area is 151 Å². The van der Waals surface area contributed by atoms with Crippen molar-refractivity contribution in [3.05, 3.63) is 60.0 Å². The number of anilines is 1. The van der Waals surface area contributed by atoms with Crippen LogP contribution in [0.2, 0.25) is 0 Å². The number of alkyl halides is 2. The molecule has 138 valence electrons. The molecule has 0 bridgehead atoms. The quantitative estimate of drug-likeness (QED) is 0.825. The first kappa shape index (κ1) is 17.3. The lowest BCUT2D eigenvalue weighted by atomic mass is 9.75. The third-order valence-corrected chi connectivity index (χ3v) is 5.69. The van der Waals surface area contributed by atoms with E-state index in [2.05, 4.69) is 9.88 Å². The average Bonchev–Trinajstić information content (AvgIpc) is 3.07. The van der Waals surface area contributed by atoms with Crippen molar-refractivity contribution in [1.29, 1.82) is 0 Å². The van der Waals surface area contributed by atoms with Gasteiger partial charge in [-0.25, -0.2) is 18.2 Å². The van der Waals surface area contributed by atoms with Gasteiger partial charge in [0.1, 0.15) is 11.6 Å². The molecule has 0 N–H and O–H groups in total. The van der Waals surface area contributed by atoms with E-state index in [-0.39, 0.29) is 12.2 Å². The molecule has 1 spiro atoms. The van der Waals surface area contributed by atoms with Crippen molar-refractivity contribution in [2.45, 2.75) is 25.3 Å². The van der Waals surface area contributed by atoms with Gasteiger partial charge in [-0.1, -0.05) is 18.2 Å². The molecule has 3 heterocycles. The molecular formula is C20H22F3N3. The van der Waals surface area contributed by atoms with E-state index < -0.39 is 11.3 Å². The van der Waals surface area contributed by atoms with Crippen LogP contribution in [0.3, 0.4) is 0 Å². The Morgan fingerprint density at radius 1 is 0.962 bits per heavy atom. The average molecular weight is 361 g/mol. The molecule has 2 aliphatic heterocycles. The van der Waals surface area contributed by atoms with Crippen LogP contribution in [0.15, 0.2) is 48.7 Å². The number of hydrogen-bond acceptors (Lipinski definition) is 3. The topological polar surface area (TPSA) is 19.4 Å². The highest BCUT2D eigenvalue weighted by Crippen LogP contribution is 2.50. The second-order valence-electron chi connectivity index (χ2n) is 7.43. The van der Waals surface area contributed by atoms with E-state index in [4.69, 9.17) is 0 Å². The lowest BCUT2D eigenvalue weighted by molar-refractivity contribution is -0.158. The van der Waals surface area contributed by atoms with Gasteiger partial charge < -0.3 is 4.90 Å². The van der Waals surface area contributed by atoms with Gasteiger partial charge in [0.05, 0.1) is 5.41 Å². The van der Waals surface area contributed by atoms with Crippen molar-refractivity contribution in [2.24, 2.45) is 5.41 Å². The molecule has 6 heteroatoms. The maximum absolute atomic E-state index is 14.9. The van der Waals surface area contributed by atoms with Crippen molar-refractivity contribution in [1.82, 2.24) is 9.88 Å². The van der Waals surface area contributed by atoms with E-state index in [1.54, 1.807) is 18.3 Å². The Morgan fingerprint density at radius 3 is 2.50 bits per heavy atom. The van der Waals surface area contributed by atoms with Crippen LogP contribution in [0.1, 0.15) is 18.4 Å². The number of halogens is 3. The van der Waals surface area contributed by atoms with Crippen molar-refractivity contribution in [3.8, 4) is 0 Å². The molecule has 0 amide bonds. The Hall–Kier alpha value is -2.08. The number of piperidine rings is 1. The highest BCUT2D eigenvalue weighted by Gasteiger charge is 2.59. The van der Waals surface area contributed by atoms with Gasteiger partial charge in [-0.3, -0.25) is 4.90 Å². The predicted octanol–water partition coefficient (Wildman–Crippen LogP) is 3.96. The van der Waals surface area contributed by atoms with E-state index in [0.29, 0.717) is 39.1 Å².